The first-order chi connectivity index (χ1) is 8.06. The highest BCUT2D eigenvalue weighted by atomic mass is 16.1. The molecular formula is C14H20N2O. The van der Waals surface area contributed by atoms with Crippen LogP contribution in [-0.2, 0) is 10.2 Å². The van der Waals surface area contributed by atoms with Crippen molar-refractivity contribution >= 4 is 5.91 Å². The number of amides is 1. The van der Waals surface area contributed by atoms with Crippen LogP contribution in [0.2, 0.25) is 0 Å². The summed E-state index contributed by atoms with van der Waals surface area (Å²) < 4.78 is 0. The van der Waals surface area contributed by atoms with E-state index in [0.29, 0.717) is 0 Å². The number of nitrogens with two attached hydrogens (primary N) is 1. The number of hydrogen-bond acceptors (Lipinski definition) is 2. The summed E-state index contributed by atoms with van der Waals surface area (Å²) >= 11 is 0. The fraction of sp³-hybridized carbons (Fsp3) is 0.500. The molecule has 0 unspecified atom stereocenters. The SMILES string of the molecule is Cc1ccc(C)c(C2(C(N)=O)CCNCC2)c1. The van der Waals surface area contributed by atoms with Gasteiger partial charge in [-0.25, -0.2) is 0 Å². The summed E-state index contributed by atoms with van der Waals surface area (Å²) in [5.74, 6) is -0.187. The first-order valence-electron chi connectivity index (χ1n) is 6.15. The van der Waals surface area contributed by atoms with Crippen LogP contribution in [0, 0.1) is 13.8 Å². The number of aryl methyl sites for hydroxylation is 2. The molecule has 0 aliphatic carbocycles. The van der Waals surface area contributed by atoms with Gasteiger partial charge in [0.1, 0.15) is 0 Å². The number of carbonyl (C=O) groups is 1. The minimum atomic E-state index is -0.471. The van der Waals surface area contributed by atoms with Crippen LogP contribution in [0.4, 0.5) is 0 Å². The molecule has 1 aliphatic rings. The monoisotopic (exact) mass is 232 g/mol. The zero-order valence-corrected chi connectivity index (χ0v) is 10.5. The van der Waals surface area contributed by atoms with Gasteiger partial charge in [-0.3, -0.25) is 4.79 Å². The van der Waals surface area contributed by atoms with Gasteiger partial charge < -0.3 is 11.1 Å². The van der Waals surface area contributed by atoms with E-state index < -0.39 is 5.41 Å². The molecule has 1 heterocycles. The van der Waals surface area contributed by atoms with Crippen molar-refractivity contribution in [2.24, 2.45) is 5.73 Å². The van der Waals surface area contributed by atoms with E-state index in [9.17, 15) is 4.79 Å². The maximum Gasteiger partial charge on any atom is 0.228 e. The number of rotatable bonds is 2. The molecule has 1 aromatic rings. The molecule has 1 saturated heterocycles. The van der Waals surface area contributed by atoms with Crippen molar-refractivity contribution in [3.05, 3.63) is 34.9 Å². The van der Waals surface area contributed by atoms with Gasteiger partial charge in [0.25, 0.3) is 0 Å². The normalized spacial score (nSPS) is 18.9. The minimum Gasteiger partial charge on any atom is -0.369 e. The van der Waals surface area contributed by atoms with Crippen molar-refractivity contribution in [2.75, 3.05) is 13.1 Å². The van der Waals surface area contributed by atoms with Crippen LogP contribution in [0.25, 0.3) is 0 Å². The smallest absolute Gasteiger partial charge is 0.228 e. The molecule has 0 saturated carbocycles. The molecule has 0 atom stereocenters. The Morgan fingerprint density at radius 3 is 2.53 bits per heavy atom. The van der Waals surface area contributed by atoms with Crippen molar-refractivity contribution in [3.63, 3.8) is 0 Å². The lowest BCUT2D eigenvalue weighted by molar-refractivity contribution is -0.124. The summed E-state index contributed by atoms with van der Waals surface area (Å²) in [6.45, 7) is 5.83. The molecule has 0 aromatic heterocycles. The number of piperidine rings is 1. The highest BCUT2D eigenvalue weighted by Crippen LogP contribution is 2.35. The third-order valence-corrected chi connectivity index (χ3v) is 3.84. The maximum atomic E-state index is 11.9. The van der Waals surface area contributed by atoms with Gasteiger partial charge in [-0.2, -0.15) is 0 Å². The first-order valence-corrected chi connectivity index (χ1v) is 6.15. The average Bonchev–Trinajstić information content (AvgIpc) is 2.33. The highest BCUT2D eigenvalue weighted by molar-refractivity contribution is 5.87. The van der Waals surface area contributed by atoms with Gasteiger partial charge in [-0.1, -0.05) is 23.8 Å². The molecule has 3 nitrogen and oxygen atoms in total. The Morgan fingerprint density at radius 1 is 1.29 bits per heavy atom. The fourth-order valence-electron chi connectivity index (χ4n) is 2.75. The summed E-state index contributed by atoms with van der Waals surface area (Å²) in [4.78, 5) is 11.9. The number of carbonyl (C=O) groups excluding carboxylic acids is 1. The Hall–Kier alpha value is -1.35. The van der Waals surface area contributed by atoms with Gasteiger partial charge >= 0.3 is 0 Å². The molecule has 17 heavy (non-hydrogen) atoms. The molecule has 0 bridgehead atoms. The molecule has 3 heteroatoms. The third kappa shape index (κ3) is 2.07. The quantitative estimate of drug-likeness (QED) is 0.810. The molecule has 3 N–H and O–H groups in total. The molecule has 1 fully saturated rings. The van der Waals surface area contributed by atoms with Crippen molar-refractivity contribution < 1.29 is 4.79 Å². The summed E-state index contributed by atoms with van der Waals surface area (Å²) in [6, 6.07) is 6.28. The Balaban J connectivity index is 2.52. The largest absolute Gasteiger partial charge is 0.369 e. The second-order valence-electron chi connectivity index (χ2n) is 5.01. The number of benzene rings is 1. The Bertz CT molecular complexity index is 434. The van der Waals surface area contributed by atoms with Crippen molar-refractivity contribution in [3.8, 4) is 0 Å². The van der Waals surface area contributed by atoms with Crippen LogP contribution in [-0.4, -0.2) is 19.0 Å². The van der Waals surface area contributed by atoms with Gasteiger partial charge in [-0.15, -0.1) is 0 Å². The van der Waals surface area contributed by atoms with E-state index in [1.54, 1.807) is 0 Å². The summed E-state index contributed by atoms with van der Waals surface area (Å²) in [5.41, 5.74) is 8.68. The number of nitrogens with one attached hydrogen (secondary N) is 1. The Labute approximate surface area is 102 Å². The lowest BCUT2D eigenvalue weighted by Gasteiger charge is -2.36. The van der Waals surface area contributed by atoms with Gasteiger partial charge in [0.05, 0.1) is 5.41 Å². The topological polar surface area (TPSA) is 55.1 Å². The van der Waals surface area contributed by atoms with E-state index in [1.165, 1.54) is 5.56 Å². The van der Waals surface area contributed by atoms with Crippen molar-refractivity contribution in [2.45, 2.75) is 32.1 Å². The molecule has 0 radical (unpaired) electrons. The van der Waals surface area contributed by atoms with E-state index in [0.717, 1.165) is 37.1 Å². The summed E-state index contributed by atoms with van der Waals surface area (Å²) in [7, 11) is 0. The molecular weight excluding hydrogens is 212 g/mol. The van der Waals surface area contributed by atoms with E-state index >= 15 is 0 Å². The molecule has 1 amide bonds. The van der Waals surface area contributed by atoms with E-state index in [4.69, 9.17) is 5.73 Å². The van der Waals surface area contributed by atoms with E-state index in [1.807, 2.05) is 0 Å². The molecule has 1 aliphatic heterocycles. The van der Waals surface area contributed by atoms with Crippen LogP contribution in [0.15, 0.2) is 18.2 Å². The van der Waals surface area contributed by atoms with Crippen LogP contribution in [0.5, 0.6) is 0 Å². The molecule has 1 aromatic carbocycles. The fourth-order valence-corrected chi connectivity index (χ4v) is 2.75. The molecule has 2 rings (SSSR count). The molecule has 0 spiro atoms. The third-order valence-electron chi connectivity index (χ3n) is 3.84. The first kappa shape index (κ1) is 12.1. The minimum absolute atomic E-state index is 0.187. The number of hydrogen-bond donors (Lipinski definition) is 2. The van der Waals surface area contributed by atoms with Gasteiger partial charge in [-0.05, 0) is 50.9 Å². The van der Waals surface area contributed by atoms with E-state index in [-0.39, 0.29) is 5.91 Å². The summed E-state index contributed by atoms with van der Waals surface area (Å²) in [6.07, 6.45) is 1.60. The lowest BCUT2D eigenvalue weighted by Crippen LogP contribution is -2.49. The Kier molecular flexibility index (Phi) is 3.20. The van der Waals surface area contributed by atoms with Crippen molar-refractivity contribution in [1.29, 1.82) is 0 Å². The van der Waals surface area contributed by atoms with Crippen LogP contribution in [0.3, 0.4) is 0 Å². The lowest BCUT2D eigenvalue weighted by atomic mass is 9.71. The maximum absolute atomic E-state index is 11.9. The highest BCUT2D eigenvalue weighted by Gasteiger charge is 2.40. The van der Waals surface area contributed by atoms with Crippen LogP contribution in [0.1, 0.15) is 29.5 Å². The predicted molar refractivity (Wildman–Crippen MR) is 68.9 cm³/mol. The van der Waals surface area contributed by atoms with Crippen molar-refractivity contribution in [1.82, 2.24) is 5.32 Å². The number of primary amides is 1. The van der Waals surface area contributed by atoms with Gasteiger partial charge in [0.15, 0.2) is 0 Å². The predicted octanol–water partition coefficient (Wildman–Crippen LogP) is 1.41. The van der Waals surface area contributed by atoms with Gasteiger partial charge in [0.2, 0.25) is 5.91 Å². The average molecular weight is 232 g/mol. The van der Waals surface area contributed by atoms with Crippen LogP contribution >= 0.6 is 0 Å². The summed E-state index contributed by atoms with van der Waals surface area (Å²) in [5, 5.41) is 3.29. The zero-order chi connectivity index (χ0) is 12.5. The Morgan fingerprint density at radius 2 is 1.94 bits per heavy atom. The van der Waals surface area contributed by atoms with Crippen LogP contribution < -0.4 is 11.1 Å². The standard InChI is InChI=1S/C14H20N2O/c1-10-3-4-11(2)12(9-10)14(13(15)17)5-7-16-8-6-14/h3-4,9,16H,5-8H2,1-2H3,(H2,15,17). The second-order valence-corrected chi connectivity index (χ2v) is 5.01. The van der Waals surface area contributed by atoms with Gasteiger partial charge in [0, 0.05) is 0 Å². The zero-order valence-electron chi connectivity index (χ0n) is 10.5. The van der Waals surface area contributed by atoms with E-state index in [2.05, 4.69) is 37.4 Å². The second kappa shape index (κ2) is 4.49. The molecule has 92 valence electrons.